The van der Waals surface area contributed by atoms with Crippen LogP contribution in [0, 0.1) is 5.92 Å². The topological polar surface area (TPSA) is 52.6 Å². The van der Waals surface area contributed by atoms with Gasteiger partial charge >= 0.3 is 11.9 Å². The number of rotatable bonds is 5. The Kier molecular flexibility index (Phi) is 5.62. The van der Waals surface area contributed by atoms with E-state index in [4.69, 9.17) is 4.74 Å². The SMILES string of the molecule is C=CC(=O)OC(C(=C)C(=O)OC)C1CCCCC1. The first-order chi connectivity index (χ1) is 8.60. The van der Waals surface area contributed by atoms with Crippen LogP contribution in [0.15, 0.2) is 24.8 Å². The molecule has 0 aromatic rings. The molecule has 1 aliphatic rings. The van der Waals surface area contributed by atoms with Crippen LogP contribution in [0.1, 0.15) is 32.1 Å². The average molecular weight is 252 g/mol. The molecule has 1 aliphatic carbocycles. The zero-order valence-corrected chi connectivity index (χ0v) is 10.8. The third kappa shape index (κ3) is 3.72. The van der Waals surface area contributed by atoms with E-state index >= 15 is 0 Å². The number of methoxy groups -OCH3 is 1. The number of ether oxygens (including phenoxy) is 2. The number of esters is 2. The Morgan fingerprint density at radius 1 is 1.28 bits per heavy atom. The molecule has 0 aromatic carbocycles. The quantitative estimate of drug-likeness (QED) is 0.557. The molecule has 0 aliphatic heterocycles. The minimum absolute atomic E-state index is 0.147. The second-order valence-electron chi connectivity index (χ2n) is 4.48. The second kappa shape index (κ2) is 6.99. The molecule has 1 rings (SSSR count). The van der Waals surface area contributed by atoms with Crippen LogP contribution in [-0.2, 0) is 19.1 Å². The molecule has 4 heteroatoms. The fourth-order valence-electron chi connectivity index (χ4n) is 2.31. The van der Waals surface area contributed by atoms with E-state index in [1.807, 2.05) is 0 Å². The van der Waals surface area contributed by atoms with Crippen LogP contribution < -0.4 is 0 Å². The Labute approximate surface area is 108 Å². The molecule has 0 saturated heterocycles. The summed E-state index contributed by atoms with van der Waals surface area (Å²) in [5.74, 6) is -0.910. The molecule has 18 heavy (non-hydrogen) atoms. The van der Waals surface area contributed by atoms with Crippen molar-refractivity contribution in [1.82, 2.24) is 0 Å². The summed E-state index contributed by atoms with van der Waals surface area (Å²) >= 11 is 0. The van der Waals surface area contributed by atoms with E-state index in [0.29, 0.717) is 0 Å². The largest absolute Gasteiger partial charge is 0.466 e. The van der Waals surface area contributed by atoms with Crippen molar-refractivity contribution < 1.29 is 19.1 Å². The minimum atomic E-state index is -0.594. The molecule has 1 unspecified atom stereocenters. The lowest BCUT2D eigenvalue weighted by Gasteiger charge is -2.30. The van der Waals surface area contributed by atoms with Crippen LogP contribution in [0.25, 0.3) is 0 Å². The van der Waals surface area contributed by atoms with Gasteiger partial charge in [-0.3, -0.25) is 0 Å². The molecule has 0 aromatic heterocycles. The summed E-state index contributed by atoms with van der Waals surface area (Å²) in [4.78, 5) is 22.9. The summed E-state index contributed by atoms with van der Waals surface area (Å²) in [6.07, 6.45) is 5.73. The average Bonchev–Trinajstić information content (AvgIpc) is 2.43. The third-order valence-electron chi connectivity index (χ3n) is 3.28. The van der Waals surface area contributed by atoms with Gasteiger partial charge < -0.3 is 9.47 Å². The maximum absolute atomic E-state index is 11.5. The van der Waals surface area contributed by atoms with E-state index in [1.165, 1.54) is 13.5 Å². The number of carbonyl (C=O) groups is 2. The molecule has 0 spiro atoms. The van der Waals surface area contributed by atoms with Crippen molar-refractivity contribution in [2.24, 2.45) is 5.92 Å². The van der Waals surface area contributed by atoms with Gasteiger partial charge in [0.05, 0.1) is 12.7 Å². The first-order valence-corrected chi connectivity index (χ1v) is 6.20. The van der Waals surface area contributed by atoms with Crippen molar-refractivity contribution >= 4 is 11.9 Å². The highest BCUT2D eigenvalue weighted by atomic mass is 16.6. The van der Waals surface area contributed by atoms with E-state index in [1.54, 1.807) is 0 Å². The van der Waals surface area contributed by atoms with E-state index in [2.05, 4.69) is 17.9 Å². The van der Waals surface area contributed by atoms with Gasteiger partial charge in [0.1, 0.15) is 6.10 Å². The summed E-state index contributed by atoms with van der Waals surface area (Å²) in [5, 5.41) is 0. The van der Waals surface area contributed by atoms with Gasteiger partial charge in [0.2, 0.25) is 0 Å². The van der Waals surface area contributed by atoms with E-state index in [9.17, 15) is 9.59 Å². The van der Waals surface area contributed by atoms with Gasteiger partial charge in [-0.05, 0) is 12.8 Å². The summed E-state index contributed by atoms with van der Waals surface area (Å²) in [6, 6.07) is 0. The molecule has 0 amide bonds. The van der Waals surface area contributed by atoms with Crippen LogP contribution in [0.2, 0.25) is 0 Å². The van der Waals surface area contributed by atoms with Gasteiger partial charge in [-0.25, -0.2) is 9.59 Å². The molecule has 0 heterocycles. The lowest BCUT2D eigenvalue weighted by molar-refractivity contribution is -0.147. The maximum atomic E-state index is 11.5. The zero-order chi connectivity index (χ0) is 13.5. The van der Waals surface area contributed by atoms with E-state index in [0.717, 1.165) is 31.8 Å². The summed E-state index contributed by atoms with van der Waals surface area (Å²) in [7, 11) is 1.29. The standard InChI is InChI=1S/C14H20O4/c1-4-12(15)18-13(10(2)14(16)17-3)11-8-6-5-7-9-11/h4,11,13H,1-2,5-9H2,3H3. The molecule has 1 atom stereocenters. The van der Waals surface area contributed by atoms with Gasteiger partial charge in [-0.2, -0.15) is 0 Å². The molecule has 100 valence electrons. The predicted octanol–water partition coefficient (Wildman–Crippen LogP) is 2.39. The highest BCUT2D eigenvalue weighted by molar-refractivity contribution is 5.90. The van der Waals surface area contributed by atoms with E-state index in [-0.39, 0.29) is 11.5 Å². The van der Waals surface area contributed by atoms with Crippen LogP contribution in [0.4, 0.5) is 0 Å². The molecule has 0 bridgehead atoms. The molecular weight excluding hydrogens is 232 g/mol. The molecular formula is C14H20O4. The van der Waals surface area contributed by atoms with Gasteiger partial charge in [-0.15, -0.1) is 0 Å². The smallest absolute Gasteiger partial charge is 0.336 e. The molecule has 0 N–H and O–H groups in total. The van der Waals surface area contributed by atoms with Gasteiger partial charge in [-0.1, -0.05) is 32.4 Å². The zero-order valence-electron chi connectivity index (χ0n) is 10.8. The molecule has 1 saturated carbocycles. The van der Waals surface area contributed by atoms with Crippen molar-refractivity contribution in [1.29, 1.82) is 0 Å². The maximum Gasteiger partial charge on any atom is 0.336 e. The Bertz CT molecular complexity index is 340. The normalized spacial score (nSPS) is 17.6. The highest BCUT2D eigenvalue weighted by Crippen LogP contribution is 2.31. The van der Waals surface area contributed by atoms with Gasteiger partial charge in [0.25, 0.3) is 0 Å². The summed E-state index contributed by atoms with van der Waals surface area (Å²) < 4.78 is 9.91. The monoisotopic (exact) mass is 252 g/mol. The second-order valence-corrected chi connectivity index (χ2v) is 4.48. The predicted molar refractivity (Wildman–Crippen MR) is 67.8 cm³/mol. The minimum Gasteiger partial charge on any atom is -0.466 e. The van der Waals surface area contributed by atoms with Crippen LogP contribution >= 0.6 is 0 Å². The Hall–Kier alpha value is -1.58. The Balaban J connectivity index is 2.78. The number of carbonyl (C=O) groups excluding carboxylic acids is 2. The Morgan fingerprint density at radius 3 is 2.39 bits per heavy atom. The van der Waals surface area contributed by atoms with Crippen molar-refractivity contribution in [2.75, 3.05) is 7.11 Å². The van der Waals surface area contributed by atoms with Crippen LogP contribution in [0.5, 0.6) is 0 Å². The summed E-state index contributed by atoms with van der Waals surface area (Å²) in [6.45, 7) is 7.07. The van der Waals surface area contributed by atoms with Crippen molar-refractivity contribution in [3.8, 4) is 0 Å². The molecule has 1 fully saturated rings. The lowest BCUT2D eigenvalue weighted by Crippen LogP contribution is -2.33. The fourth-order valence-corrected chi connectivity index (χ4v) is 2.31. The van der Waals surface area contributed by atoms with Crippen LogP contribution in [-0.4, -0.2) is 25.2 Å². The van der Waals surface area contributed by atoms with Crippen LogP contribution in [0.3, 0.4) is 0 Å². The van der Waals surface area contributed by atoms with Gasteiger partial charge in [0.15, 0.2) is 0 Å². The number of hydrogen-bond acceptors (Lipinski definition) is 4. The van der Waals surface area contributed by atoms with Gasteiger partial charge in [0, 0.05) is 12.0 Å². The Morgan fingerprint density at radius 2 is 1.89 bits per heavy atom. The first-order valence-electron chi connectivity index (χ1n) is 6.20. The lowest BCUT2D eigenvalue weighted by atomic mass is 9.82. The fraction of sp³-hybridized carbons (Fsp3) is 0.571. The van der Waals surface area contributed by atoms with Crippen molar-refractivity contribution in [2.45, 2.75) is 38.2 Å². The number of hydrogen-bond donors (Lipinski definition) is 0. The molecule has 4 nitrogen and oxygen atoms in total. The highest BCUT2D eigenvalue weighted by Gasteiger charge is 2.32. The van der Waals surface area contributed by atoms with Crippen molar-refractivity contribution in [3.05, 3.63) is 24.8 Å². The molecule has 0 radical (unpaired) electrons. The summed E-state index contributed by atoms with van der Waals surface area (Å²) in [5.41, 5.74) is 0.208. The van der Waals surface area contributed by atoms with E-state index < -0.39 is 18.0 Å². The van der Waals surface area contributed by atoms with Crippen molar-refractivity contribution in [3.63, 3.8) is 0 Å². The first kappa shape index (κ1) is 14.5. The third-order valence-corrected chi connectivity index (χ3v) is 3.28.